The molecule has 3 heteroatoms. The zero-order chi connectivity index (χ0) is 11.5. The van der Waals surface area contributed by atoms with Crippen molar-refractivity contribution in [3.63, 3.8) is 0 Å². The molecule has 1 saturated heterocycles. The monoisotopic (exact) mass is 238 g/mol. The van der Waals surface area contributed by atoms with Gasteiger partial charge in [-0.15, -0.1) is 11.3 Å². The minimum absolute atomic E-state index is 0.677. The summed E-state index contributed by atoms with van der Waals surface area (Å²) in [5.74, 6) is 0.852. The van der Waals surface area contributed by atoms with Crippen LogP contribution in [0.25, 0.3) is 0 Å². The molecule has 0 spiro atoms. The fraction of sp³-hybridized carbons (Fsp3) is 0.692. The van der Waals surface area contributed by atoms with Crippen LogP contribution in [0.1, 0.15) is 36.4 Å². The summed E-state index contributed by atoms with van der Waals surface area (Å²) in [7, 11) is 0. The molecule has 90 valence electrons. The molecule has 0 aromatic carbocycles. The van der Waals surface area contributed by atoms with Crippen LogP contribution >= 0.6 is 11.3 Å². The van der Waals surface area contributed by atoms with Crippen LogP contribution in [0, 0.1) is 5.92 Å². The zero-order valence-corrected chi connectivity index (χ0v) is 11.1. The molecule has 2 rings (SSSR count). The molecule has 16 heavy (non-hydrogen) atoms. The van der Waals surface area contributed by atoms with Crippen molar-refractivity contribution in [2.75, 3.05) is 6.54 Å². The van der Waals surface area contributed by atoms with Crippen molar-refractivity contribution in [1.29, 1.82) is 0 Å². The predicted octanol–water partition coefficient (Wildman–Crippen LogP) is 2.83. The van der Waals surface area contributed by atoms with Gasteiger partial charge in [-0.25, -0.2) is 0 Å². The number of thiophene rings is 1. The Balaban J connectivity index is 1.97. The van der Waals surface area contributed by atoms with Crippen LogP contribution in [0.15, 0.2) is 12.1 Å². The molecule has 0 bridgehead atoms. The number of likely N-dealkylation sites (tertiary alicyclic amines) is 1. The van der Waals surface area contributed by atoms with Gasteiger partial charge in [0, 0.05) is 35.4 Å². The normalized spacial score (nSPS) is 27.2. The van der Waals surface area contributed by atoms with E-state index in [4.69, 9.17) is 5.73 Å². The summed E-state index contributed by atoms with van der Waals surface area (Å²) in [6.45, 7) is 7.74. The molecule has 1 aromatic rings. The third kappa shape index (κ3) is 2.84. The first-order valence-electron chi connectivity index (χ1n) is 6.20. The van der Waals surface area contributed by atoms with Crippen LogP contribution < -0.4 is 5.73 Å². The lowest BCUT2D eigenvalue weighted by atomic mass is 9.95. The van der Waals surface area contributed by atoms with Crippen LogP contribution in [-0.2, 0) is 13.1 Å². The van der Waals surface area contributed by atoms with Gasteiger partial charge in [-0.2, -0.15) is 0 Å². The van der Waals surface area contributed by atoms with Gasteiger partial charge in [0.15, 0.2) is 0 Å². The Morgan fingerprint density at radius 2 is 2.06 bits per heavy atom. The summed E-state index contributed by atoms with van der Waals surface area (Å²) < 4.78 is 0. The van der Waals surface area contributed by atoms with E-state index in [1.807, 2.05) is 11.3 Å². The van der Waals surface area contributed by atoms with Gasteiger partial charge in [-0.3, -0.25) is 4.90 Å². The van der Waals surface area contributed by atoms with E-state index < -0.39 is 0 Å². The molecular formula is C13H22N2S. The summed E-state index contributed by atoms with van der Waals surface area (Å²) in [6.07, 6.45) is 2.73. The number of hydrogen-bond donors (Lipinski definition) is 1. The highest BCUT2D eigenvalue weighted by Crippen LogP contribution is 2.25. The zero-order valence-electron chi connectivity index (χ0n) is 10.3. The van der Waals surface area contributed by atoms with Gasteiger partial charge in [0.1, 0.15) is 0 Å². The predicted molar refractivity (Wildman–Crippen MR) is 70.5 cm³/mol. The van der Waals surface area contributed by atoms with Gasteiger partial charge < -0.3 is 5.73 Å². The lowest BCUT2D eigenvalue weighted by Gasteiger charge is -2.36. The third-order valence-corrected chi connectivity index (χ3v) is 4.62. The average Bonchev–Trinajstić information content (AvgIpc) is 2.71. The van der Waals surface area contributed by atoms with Crippen molar-refractivity contribution in [3.05, 3.63) is 21.9 Å². The Labute approximate surface area is 102 Å². The van der Waals surface area contributed by atoms with E-state index in [-0.39, 0.29) is 0 Å². The number of hydrogen-bond acceptors (Lipinski definition) is 3. The van der Waals surface area contributed by atoms with E-state index in [1.54, 1.807) is 0 Å². The molecule has 2 heterocycles. The molecule has 0 amide bonds. The molecule has 2 N–H and O–H groups in total. The molecule has 1 fully saturated rings. The van der Waals surface area contributed by atoms with E-state index in [0.717, 1.165) is 18.5 Å². The van der Waals surface area contributed by atoms with Gasteiger partial charge in [-0.05, 0) is 37.8 Å². The van der Waals surface area contributed by atoms with Crippen LogP contribution in [-0.4, -0.2) is 17.5 Å². The average molecular weight is 238 g/mol. The number of rotatable bonds is 3. The van der Waals surface area contributed by atoms with Crippen molar-refractivity contribution in [2.45, 2.75) is 45.8 Å². The van der Waals surface area contributed by atoms with Crippen LogP contribution in [0.2, 0.25) is 0 Å². The van der Waals surface area contributed by atoms with Gasteiger partial charge in [0.05, 0.1) is 0 Å². The molecule has 1 aliphatic rings. The van der Waals surface area contributed by atoms with Gasteiger partial charge in [0.2, 0.25) is 0 Å². The molecule has 0 radical (unpaired) electrons. The van der Waals surface area contributed by atoms with Crippen LogP contribution in [0.5, 0.6) is 0 Å². The lowest BCUT2D eigenvalue weighted by molar-refractivity contribution is 0.118. The van der Waals surface area contributed by atoms with Crippen molar-refractivity contribution in [3.8, 4) is 0 Å². The smallest absolute Gasteiger partial charge is 0.0330 e. The van der Waals surface area contributed by atoms with Gasteiger partial charge in [-0.1, -0.05) is 6.92 Å². The first-order valence-corrected chi connectivity index (χ1v) is 7.02. The molecule has 0 aliphatic carbocycles. The summed E-state index contributed by atoms with van der Waals surface area (Å²) >= 11 is 1.86. The largest absolute Gasteiger partial charge is 0.326 e. The highest BCUT2D eigenvalue weighted by molar-refractivity contribution is 7.11. The Bertz CT molecular complexity index is 334. The van der Waals surface area contributed by atoms with Crippen molar-refractivity contribution >= 4 is 11.3 Å². The first kappa shape index (κ1) is 12.1. The molecule has 2 unspecified atom stereocenters. The van der Waals surface area contributed by atoms with E-state index in [2.05, 4.69) is 30.9 Å². The quantitative estimate of drug-likeness (QED) is 0.877. The van der Waals surface area contributed by atoms with Crippen LogP contribution in [0.3, 0.4) is 0 Å². The highest BCUT2D eigenvalue weighted by Gasteiger charge is 2.22. The van der Waals surface area contributed by atoms with Crippen molar-refractivity contribution in [1.82, 2.24) is 4.90 Å². The molecule has 2 atom stereocenters. The van der Waals surface area contributed by atoms with Crippen molar-refractivity contribution in [2.24, 2.45) is 11.7 Å². The second-order valence-electron chi connectivity index (χ2n) is 5.03. The summed E-state index contributed by atoms with van der Waals surface area (Å²) in [4.78, 5) is 5.37. The Kier molecular flexibility index (Phi) is 4.00. The second kappa shape index (κ2) is 5.30. The molecule has 1 aromatic heterocycles. The van der Waals surface area contributed by atoms with Crippen molar-refractivity contribution < 1.29 is 0 Å². The third-order valence-electron chi connectivity index (χ3n) is 3.52. The second-order valence-corrected chi connectivity index (χ2v) is 6.29. The Morgan fingerprint density at radius 3 is 2.75 bits per heavy atom. The topological polar surface area (TPSA) is 29.3 Å². The van der Waals surface area contributed by atoms with Gasteiger partial charge >= 0.3 is 0 Å². The minimum Gasteiger partial charge on any atom is -0.326 e. The summed E-state index contributed by atoms with van der Waals surface area (Å²) in [6, 6.07) is 5.14. The van der Waals surface area contributed by atoms with E-state index in [1.165, 1.54) is 29.1 Å². The highest BCUT2D eigenvalue weighted by atomic mass is 32.1. The SMILES string of the molecule is CC1CCC(C)N(Cc2ccc(CN)s2)C1. The summed E-state index contributed by atoms with van der Waals surface area (Å²) in [5.41, 5.74) is 5.64. The van der Waals surface area contributed by atoms with E-state index in [9.17, 15) is 0 Å². The fourth-order valence-electron chi connectivity index (χ4n) is 2.42. The maximum atomic E-state index is 5.64. The number of nitrogens with two attached hydrogens (primary N) is 1. The van der Waals surface area contributed by atoms with E-state index >= 15 is 0 Å². The Morgan fingerprint density at radius 1 is 1.31 bits per heavy atom. The van der Waals surface area contributed by atoms with E-state index in [0.29, 0.717) is 6.54 Å². The van der Waals surface area contributed by atoms with Gasteiger partial charge in [0.25, 0.3) is 0 Å². The fourth-order valence-corrected chi connectivity index (χ4v) is 3.34. The molecule has 2 nitrogen and oxygen atoms in total. The lowest BCUT2D eigenvalue weighted by Crippen LogP contribution is -2.40. The molecule has 0 saturated carbocycles. The maximum absolute atomic E-state index is 5.64. The van der Waals surface area contributed by atoms with Crippen LogP contribution in [0.4, 0.5) is 0 Å². The molecule has 1 aliphatic heterocycles. The summed E-state index contributed by atoms with van der Waals surface area (Å²) in [5, 5.41) is 0. The Hall–Kier alpha value is -0.380. The minimum atomic E-state index is 0.677. The first-order chi connectivity index (χ1) is 7.69. The molecular weight excluding hydrogens is 216 g/mol. The number of piperidine rings is 1. The maximum Gasteiger partial charge on any atom is 0.0330 e. The standard InChI is InChI=1S/C13H22N2S/c1-10-3-4-11(2)15(8-10)9-13-6-5-12(7-14)16-13/h5-6,10-11H,3-4,7-9,14H2,1-2H3. The number of nitrogens with zero attached hydrogens (tertiary/aromatic N) is 1.